The number of hydrogen-bond acceptors (Lipinski definition) is 5. The number of aryl methyl sites for hydroxylation is 1. The number of ether oxygens (including phenoxy) is 1. The first-order valence-electron chi connectivity index (χ1n) is 9.60. The first-order valence-corrected chi connectivity index (χ1v) is 11.6. The Morgan fingerprint density at radius 2 is 1.52 bits per heavy atom. The maximum absolute atomic E-state index is 13.0. The van der Waals surface area contributed by atoms with Crippen molar-refractivity contribution in [2.24, 2.45) is 0 Å². The van der Waals surface area contributed by atoms with Gasteiger partial charge in [0.2, 0.25) is 5.78 Å². The minimum Gasteiger partial charge on any atom is -0.449 e. The fourth-order valence-electron chi connectivity index (χ4n) is 2.94. The number of hydrogen-bond donors (Lipinski definition) is 0. The predicted molar refractivity (Wildman–Crippen MR) is 119 cm³/mol. The molecule has 1 atom stereocenters. The van der Waals surface area contributed by atoms with E-state index in [1.165, 1.54) is 12.1 Å². The van der Waals surface area contributed by atoms with E-state index in [0.717, 1.165) is 5.56 Å². The van der Waals surface area contributed by atoms with Crippen LogP contribution in [-0.2, 0) is 19.4 Å². The minimum atomic E-state index is -3.65. The van der Waals surface area contributed by atoms with Crippen molar-refractivity contribution in [3.63, 3.8) is 0 Å². The predicted octanol–water partition coefficient (Wildman–Crippen LogP) is 4.98. The lowest BCUT2D eigenvalue weighted by molar-refractivity contribution is -0.146. The number of Topliss-reactive ketones (excluding diaryl/α,β-unsaturated/α-hetero) is 1. The summed E-state index contributed by atoms with van der Waals surface area (Å²) in [5.74, 6) is -1.60. The highest BCUT2D eigenvalue weighted by atomic mass is 35.5. The van der Waals surface area contributed by atoms with E-state index >= 15 is 0 Å². The Kier molecular flexibility index (Phi) is 7.25. The van der Waals surface area contributed by atoms with Crippen LogP contribution in [0.1, 0.15) is 34.0 Å². The maximum Gasteiger partial charge on any atom is 0.307 e. The zero-order valence-corrected chi connectivity index (χ0v) is 18.4. The number of carbonyl (C=O) groups excluding carboxylic acids is 2. The number of ketones is 1. The summed E-state index contributed by atoms with van der Waals surface area (Å²) < 4.78 is 30.5. The summed E-state index contributed by atoms with van der Waals surface area (Å²) in [6.45, 7) is 1.86. The Labute approximate surface area is 186 Å². The van der Waals surface area contributed by atoms with Gasteiger partial charge in [0.1, 0.15) is 0 Å². The second-order valence-corrected chi connectivity index (χ2v) is 9.58. The minimum absolute atomic E-state index is 0.141. The van der Waals surface area contributed by atoms with E-state index in [-0.39, 0.29) is 11.3 Å². The van der Waals surface area contributed by atoms with E-state index in [4.69, 9.17) is 16.3 Å². The fraction of sp³-hybridized carbons (Fsp3) is 0.167. The van der Waals surface area contributed by atoms with Crippen LogP contribution >= 0.6 is 11.6 Å². The number of carbonyl (C=O) groups is 2. The zero-order valence-electron chi connectivity index (χ0n) is 16.8. The van der Waals surface area contributed by atoms with E-state index < -0.39 is 33.4 Å². The molecule has 31 heavy (non-hydrogen) atoms. The molecule has 0 fully saturated rings. The van der Waals surface area contributed by atoms with Crippen LogP contribution in [0.3, 0.4) is 0 Å². The maximum atomic E-state index is 13.0. The molecule has 0 saturated carbocycles. The molecule has 160 valence electrons. The summed E-state index contributed by atoms with van der Waals surface area (Å²) in [4.78, 5) is 25.6. The number of rotatable bonds is 8. The average molecular weight is 457 g/mol. The van der Waals surface area contributed by atoms with Gasteiger partial charge in [-0.15, -0.1) is 0 Å². The third-order valence-electron chi connectivity index (χ3n) is 4.67. The second-order valence-electron chi connectivity index (χ2n) is 7.03. The van der Waals surface area contributed by atoms with Crippen LogP contribution in [0.5, 0.6) is 0 Å². The van der Waals surface area contributed by atoms with Gasteiger partial charge in [-0.25, -0.2) is 8.42 Å². The highest BCUT2D eigenvalue weighted by Crippen LogP contribution is 2.24. The molecule has 3 aromatic carbocycles. The molecule has 7 heteroatoms. The molecule has 0 bridgehead atoms. The van der Waals surface area contributed by atoms with Crippen LogP contribution in [0.15, 0.2) is 83.8 Å². The van der Waals surface area contributed by atoms with Crippen molar-refractivity contribution in [3.8, 4) is 0 Å². The zero-order chi connectivity index (χ0) is 22.4. The van der Waals surface area contributed by atoms with Crippen LogP contribution < -0.4 is 0 Å². The molecule has 0 aliphatic rings. The van der Waals surface area contributed by atoms with Gasteiger partial charge in [0.15, 0.2) is 15.9 Å². The van der Waals surface area contributed by atoms with Crippen molar-refractivity contribution >= 4 is 33.2 Å². The van der Waals surface area contributed by atoms with Gasteiger partial charge < -0.3 is 4.74 Å². The Balaban J connectivity index is 1.75. The number of halogens is 1. The summed E-state index contributed by atoms with van der Waals surface area (Å²) in [5.41, 5.74) is 1.76. The van der Waals surface area contributed by atoms with Gasteiger partial charge in [-0.1, -0.05) is 59.6 Å². The summed E-state index contributed by atoms with van der Waals surface area (Å²) in [7, 11) is -3.65. The Bertz CT molecular complexity index is 1150. The lowest BCUT2D eigenvalue weighted by Crippen LogP contribution is -2.22. The Morgan fingerprint density at radius 3 is 2.13 bits per heavy atom. The van der Waals surface area contributed by atoms with Crippen LogP contribution in [0.4, 0.5) is 0 Å². The molecule has 0 radical (unpaired) electrons. The first kappa shape index (κ1) is 22.7. The summed E-state index contributed by atoms with van der Waals surface area (Å²) >= 11 is 5.89. The molecule has 0 amide bonds. The van der Waals surface area contributed by atoms with Crippen molar-refractivity contribution in [2.75, 3.05) is 5.75 Å². The molecule has 5 nitrogen and oxygen atoms in total. The molecule has 0 spiro atoms. The van der Waals surface area contributed by atoms with Gasteiger partial charge in [-0.3, -0.25) is 9.59 Å². The molecule has 0 aromatic heterocycles. The average Bonchev–Trinajstić information content (AvgIpc) is 2.77. The van der Waals surface area contributed by atoms with E-state index in [9.17, 15) is 18.0 Å². The van der Waals surface area contributed by atoms with Gasteiger partial charge >= 0.3 is 5.97 Å². The van der Waals surface area contributed by atoms with Crippen molar-refractivity contribution < 1.29 is 22.7 Å². The molecule has 0 unspecified atom stereocenters. The molecule has 0 aliphatic carbocycles. The number of benzene rings is 3. The highest BCUT2D eigenvalue weighted by Gasteiger charge is 2.27. The van der Waals surface area contributed by atoms with Gasteiger partial charge in [-0.05, 0) is 43.3 Å². The molecular weight excluding hydrogens is 436 g/mol. The molecule has 0 saturated heterocycles. The summed E-state index contributed by atoms with van der Waals surface area (Å²) in [6.07, 6.45) is -1.55. The molecular formula is C24H21ClO5S. The molecule has 0 N–H and O–H groups in total. The van der Waals surface area contributed by atoms with Gasteiger partial charge in [-0.2, -0.15) is 0 Å². The third-order valence-corrected chi connectivity index (χ3v) is 6.66. The fourth-order valence-corrected chi connectivity index (χ4v) is 4.29. The van der Waals surface area contributed by atoms with Gasteiger partial charge in [0.25, 0.3) is 0 Å². The number of esters is 1. The normalized spacial score (nSPS) is 12.2. The standard InChI is InChI=1S/C24H21ClO5S/c1-17-7-13-21(14-8-17)31(28,29)16-15-22(26)30-24(19-5-3-2-4-6-19)23(27)18-9-11-20(25)12-10-18/h2-14,24H,15-16H2,1H3/t24-/m1/s1. The highest BCUT2D eigenvalue weighted by molar-refractivity contribution is 7.91. The second kappa shape index (κ2) is 9.90. The number of sulfone groups is 1. The summed E-state index contributed by atoms with van der Waals surface area (Å²) in [6, 6.07) is 21.3. The van der Waals surface area contributed by atoms with Gasteiger partial charge in [0, 0.05) is 16.1 Å². The van der Waals surface area contributed by atoms with Gasteiger partial charge in [0.05, 0.1) is 17.1 Å². The molecule has 3 aromatic rings. The van der Waals surface area contributed by atoms with Crippen LogP contribution in [-0.4, -0.2) is 25.9 Å². The summed E-state index contributed by atoms with van der Waals surface area (Å²) in [5, 5.41) is 0.478. The Morgan fingerprint density at radius 1 is 0.903 bits per heavy atom. The largest absolute Gasteiger partial charge is 0.449 e. The molecule has 0 heterocycles. The first-order chi connectivity index (χ1) is 14.8. The third kappa shape index (κ3) is 6.03. The van der Waals surface area contributed by atoms with E-state index in [2.05, 4.69) is 0 Å². The topological polar surface area (TPSA) is 77.5 Å². The van der Waals surface area contributed by atoms with Crippen molar-refractivity contribution in [3.05, 3.63) is 101 Å². The van der Waals surface area contributed by atoms with Crippen LogP contribution in [0, 0.1) is 6.92 Å². The van der Waals surface area contributed by atoms with E-state index in [1.807, 2.05) is 6.92 Å². The SMILES string of the molecule is Cc1ccc(S(=O)(=O)CCC(=O)O[C@@H](C(=O)c2ccc(Cl)cc2)c2ccccc2)cc1. The van der Waals surface area contributed by atoms with E-state index in [0.29, 0.717) is 16.1 Å². The lowest BCUT2D eigenvalue weighted by atomic mass is 10.00. The van der Waals surface area contributed by atoms with Crippen LogP contribution in [0.25, 0.3) is 0 Å². The monoisotopic (exact) mass is 456 g/mol. The molecule has 0 aliphatic heterocycles. The van der Waals surface area contributed by atoms with Crippen molar-refractivity contribution in [2.45, 2.75) is 24.3 Å². The smallest absolute Gasteiger partial charge is 0.307 e. The Hall–Kier alpha value is -2.96. The van der Waals surface area contributed by atoms with E-state index in [1.54, 1.807) is 66.7 Å². The lowest BCUT2D eigenvalue weighted by Gasteiger charge is -2.17. The molecule has 3 rings (SSSR count). The van der Waals surface area contributed by atoms with Crippen molar-refractivity contribution in [1.29, 1.82) is 0 Å². The van der Waals surface area contributed by atoms with Crippen molar-refractivity contribution in [1.82, 2.24) is 0 Å². The quantitative estimate of drug-likeness (QED) is 0.353. The van der Waals surface area contributed by atoms with Crippen LogP contribution in [0.2, 0.25) is 5.02 Å².